The van der Waals surface area contributed by atoms with E-state index in [9.17, 15) is 36.2 Å². The number of nitrogen functional groups attached to an aromatic ring is 1. The molecule has 110 valence electrons. The molecule has 0 fully saturated rings. The van der Waals surface area contributed by atoms with Gasteiger partial charge in [0.15, 0.2) is 5.75 Å². The van der Waals surface area contributed by atoms with Crippen molar-refractivity contribution in [2.45, 2.75) is 17.8 Å². The first-order chi connectivity index (χ1) is 8.94. The van der Waals surface area contributed by atoms with E-state index in [4.69, 9.17) is 5.73 Å². The van der Waals surface area contributed by atoms with E-state index in [1.54, 1.807) is 0 Å². The minimum absolute atomic E-state index is 0.420. The summed E-state index contributed by atoms with van der Waals surface area (Å²) in [5.41, 5.74) is -2.40. The number of anilines is 2. The third kappa shape index (κ3) is 1.47. The zero-order valence-electron chi connectivity index (χ0n) is 9.36. The Balaban J connectivity index is 2.88. The summed E-state index contributed by atoms with van der Waals surface area (Å²) in [5.74, 6) is -3.36. The van der Waals surface area contributed by atoms with Crippen LogP contribution in [0, 0.1) is 0 Å². The quantitative estimate of drug-likeness (QED) is 0.391. The van der Waals surface area contributed by atoms with Gasteiger partial charge in [-0.05, 0) is 6.07 Å². The van der Waals surface area contributed by atoms with Crippen molar-refractivity contribution in [3.63, 3.8) is 0 Å². The van der Waals surface area contributed by atoms with Crippen LogP contribution in [0.2, 0.25) is 0 Å². The molecule has 1 heterocycles. The number of alkyl halides is 6. The second kappa shape index (κ2) is 3.70. The molecule has 1 aromatic carbocycles. The van der Waals surface area contributed by atoms with Crippen molar-refractivity contribution in [3.8, 4) is 5.75 Å². The molecular formula is C10H6F6N2O2. The maximum Gasteiger partial charge on any atom is 0.416 e. The monoisotopic (exact) mass is 300 g/mol. The van der Waals surface area contributed by atoms with E-state index in [0.29, 0.717) is 12.1 Å². The molecule has 0 radical (unpaired) electrons. The topological polar surface area (TPSA) is 75.3 Å². The smallest absolute Gasteiger partial charge is 0.416 e. The molecule has 0 unspecified atom stereocenters. The second-order valence-corrected chi connectivity index (χ2v) is 4.13. The van der Waals surface area contributed by atoms with E-state index in [-0.39, 0.29) is 0 Å². The highest BCUT2D eigenvalue weighted by molar-refractivity contribution is 6.09. The molecule has 1 amide bonds. The maximum atomic E-state index is 13.0. The summed E-state index contributed by atoms with van der Waals surface area (Å²) in [6, 6.07) is 1.09. The van der Waals surface area contributed by atoms with E-state index in [2.05, 4.69) is 0 Å². The molecular weight excluding hydrogens is 294 g/mol. The zero-order valence-corrected chi connectivity index (χ0v) is 9.36. The molecule has 1 aliphatic heterocycles. The first kappa shape index (κ1) is 14.3. The fourth-order valence-corrected chi connectivity index (χ4v) is 2.10. The lowest BCUT2D eigenvalue weighted by molar-refractivity contribution is -0.288. The Hall–Kier alpha value is -2.13. The van der Waals surface area contributed by atoms with Crippen molar-refractivity contribution in [2.75, 3.05) is 11.1 Å². The van der Waals surface area contributed by atoms with Crippen molar-refractivity contribution in [3.05, 3.63) is 17.7 Å². The molecule has 0 aromatic heterocycles. The van der Waals surface area contributed by atoms with Crippen molar-refractivity contribution < 1.29 is 36.2 Å². The number of phenols is 1. The molecule has 0 spiro atoms. The molecule has 4 nitrogen and oxygen atoms in total. The maximum absolute atomic E-state index is 13.0. The summed E-state index contributed by atoms with van der Waals surface area (Å²) in [5, 5.41) is 10.8. The standard InChI is InChI=1S/C10H6F6N2O2/c11-9(12,13)8(10(14,15)16)3-1-2-4(17)6(19)5(3)18-7(8)20/h1-2,19H,17H2,(H,18,20). The predicted molar refractivity (Wildman–Crippen MR) is 54.9 cm³/mol. The van der Waals surface area contributed by atoms with Gasteiger partial charge in [-0.25, -0.2) is 0 Å². The SMILES string of the molecule is Nc1ccc2c(c1O)NC(=O)C2(C(F)(F)F)C(F)(F)F. The van der Waals surface area contributed by atoms with Gasteiger partial charge in [-0.2, -0.15) is 26.3 Å². The summed E-state index contributed by atoms with van der Waals surface area (Å²) in [7, 11) is 0. The average Bonchev–Trinajstić information content (AvgIpc) is 2.56. The van der Waals surface area contributed by atoms with Crippen molar-refractivity contribution in [1.82, 2.24) is 0 Å². The number of rotatable bonds is 0. The number of halogens is 6. The third-order valence-corrected chi connectivity index (χ3v) is 3.04. The van der Waals surface area contributed by atoms with Crippen molar-refractivity contribution in [1.29, 1.82) is 0 Å². The van der Waals surface area contributed by atoms with Crippen molar-refractivity contribution in [2.24, 2.45) is 0 Å². The summed E-state index contributed by atoms with van der Waals surface area (Å²) in [4.78, 5) is 11.4. The summed E-state index contributed by atoms with van der Waals surface area (Å²) in [6.07, 6.45) is -11.9. The Morgan fingerprint density at radius 2 is 1.60 bits per heavy atom. The summed E-state index contributed by atoms with van der Waals surface area (Å²) in [6.45, 7) is 0. The van der Waals surface area contributed by atoms with Gasteiger partial charge in [0, 0.05) is 5.56 Å². The van der Waals surface area contributed by atoms with Crippen LogP contribution in [0.25, 0.3) is 0 Å². The lowest BCUT2D eigenvalue weighted by atomic mass is 9.80. The Labute approximate surface area is 107 Å². The number of fused-ring (bicyclic) bond motifs is 1. The number of nitrogens with one attached hydrogen (secondary N) is 1. The van der Waals surface area contributed by atoms with Gasteiger partial charge in [-0.15, -0.1) is 0 Å². The highest BCUT2D eigenvalue weighted by Crippen LogP contribution is 2.59. The van der Waals surface area contributed by atoms with Gasteiger partial charge in [0.1, 0.15) is 0 Å². The number of carbonyl (C=O) groups excluding carboxylic acids is 1. The zero-order chi connectivity index (χ0) is 15.5. The molecule has 0 aliphatic carbocycles. The minimum Gasteiger partial charge on any atom is -0.504 e. The van der Waals surface area contributed by atoms with Crippen LogP contribution in [0.4, 0.5) is 37.7 Å². The van der Waals surface area contributed by atoms with Gasteiger partial charge in [-0.1, -0.05) is 6.07 Å². The normalized spacial score (nSPS) is 17.8. The van der Waals surface area contributed by atoms with E-state index in [0.717, 1.165) is 0 Å². The summed E-state index contributed by atoms with van der Waals surface area (Å²) < 4.78 is 77.9. The fraction of sp³-hybridized carbons (Fsp3) is 0.300. The van der Waals surface area contributed by atoms with Crippen LogP contribution in [0.3, 0.4) is 0 Å². The Morgan fingerprint density at radius 3 is 2.05 bits per heavy atom. The number of aromatic hydroxyl groups is 1. The van der Waals surface area contributed by atoms with Gasteiger partial charge < -0.3 is 16.2 Å². The lowest BCUT2D eigenvalue weighted by Crippen LogP contribution is -2.58. The number of phenolic OH excluding ortho intramolecular Hbond substituents is 1. The van der Waals surface area contributed by atoms with Gasteiger partial charge in [-0.3, -0.25) is 4.79 Å². The van der Waals surface area contributed by atoms with Crippen LogP contribution >= 0.6 is 0 Å². The number of hydrogen-bond donors (Lipinski definition) is 3. The number of amides is 1. The molecule has 2 rings (SSSR count). The highest BCUT2D eigenvalue weighted by atomic mass is 19.4. The largest absolute Gasteiger partial charge is 0.504 e. The number of carbonyl (C=O) groups is 1. The Morgan fingerprint density at radius 1 is 1.10 bits per heavy atom. The molecule has 1 aromatic rings. The molecule has 10 heteroatoms. The van der Waals surface area contributed by atoms with E-state index in [1.165, 1.54) is 5.32 Å². The molecule has 0 saturated heterocycles. The number of nitrogens with two attached hydrogens (primary N) is 1. The van der Waals surface area contributed by atoms with Gasteiger partial charge in [0.05, 0.1) is 11.4 Å². The van der Waals surface area contributed by atoms with Crippen LogP contribution in [-0.2, 0) is 10.2 Å². The molecule has 0 bridgehead atoms. The predicted octanol–water partition coefficient (Wildman–Crippen LogP) is 2.29. The first-order valence-electron chi connectivity index (χ1n) is 5.01. The van der Waals surface area contributed by atoms with Crippen LogP contribution in [0.15, 0.2) is 12.1 Å². The number of benzene rings is 1. The van der Waals surface area contributed by atoms with Gasteiger partial charge >= 0.3 is 12.4 Å². The lowest BCUT2D eigenvalue weighted by Gasteiger charge is -2.31. The molecule has 1 aliphatic rings. The second-order valence-electron chi connectivity index (χ2n) is 4.13. The number of hydrogen-bond acceptors (Lipinski definition) is 3. The summed E-state index contributed by atoms with van der Waals surface area (Å²) >= 11 is 0. The van der Waals surface area contributed by atoms with Crippen LogP contribution in [-0.4, -0.2) is 23.4 Å². The van der Waals surface area contributed by atoms with Crippen LogP contribution < -0.4 is 11.1 Å². The highest BCUT2D eigenvalue weighted by Gasteiger charge is 2.79. The van der Waals surface area contributed by atoms with Crippen LogP contribution in [0.5, 0.6) is 5.75 Å². The molecule has 4 N–H and O–H groups in total. The average molecular weight is 300 g/mol. The van der Waals surface area contributed by atoms with E-state index < -0.39 is 46.4 Å². The van der Waals surface area contributed by atoms with E-state index >= 15 is 0 Å². The fourth-order valence-electron chi connectivity index (χ4n) is 2.10. The molecule has 0 saturated carbocycles. The third-order valence-electron chi connectivity index (χ3n) is 3.04. The van der Waals surface area contributed by atoms with Gasteiger partial charge in [0.2, 0.25) is 0 Å². The minimum atomic E-state index is -5.93. The first-order valence-corrected chi connectivity index (χ1v) is 5.01. The van der Waals surface area contributed by atoms with E-state index in [1.807, 2.05) is 0 Å². The Kier molecular flexibility index (Phi) is 2.64. The van der Waals surface area contributed by atoms with Crippen LogP contribution in [0.1, 0.15) is 5.56 Å². The Bertz CT molecular complexity index is 579. The molecule has 0 atom stereocenters. The molecule has 20 heavy (non-hydrogen) atoms. The van der Waals surface area contributed by atoms with Gasteiger partial charge in [0.25, 0.3) is 11.3 Å². The van der Waals surface area contributed by atoms with Crippen molar-refractivity contribution >= 4 is 17.3 Å².